The molecule has 1 aliphatic carbocycles. The molecular formula is C13H14ClN3O. The molecule has 0 saturated heterocycles. The first-order chi connectivity index (χ1) is 8.66. The third-order valence-corrected chi connectivity index (χ3v) is 3.55. The summed E-state index contributed by atoms with van der Waals surface area (Å²) in [5.41, 5.74) is -0.889. The second-order valence-electron chi connectivity index (χ2n) is 4.57. The molecule has 0 atom stereocenters. The molecule has 0 radical (unpaired) electrons. The van der Waals surface area contributed by atoms with Crippen LogP contribution in [-0.2, 0) is 4.79 Å². The molecule has 1 aliphatic rings. The number of pyridine rings is 1. The molecular weight excluding hydrogens is 250 g/mol. The van der Waals surface area contributed by atoms with E-state index in [2.05, 4.69) is 16.4 Å². The van der Waals surface area contributed by atoms with Gasteiger partial charge in [0.15, 0.2) is 0 Å². The minimum absolute atomic E-state index is 0.250. The number of aromatic nitrogens is 1. The highest BCUT2D eigenvalue weighted by molar-refractivity contribution is 6.30. The topological polar surface area (TPSA) is 65.8 Å². The standard InChI is InChI=1S/C13H14ClN3O/c14-10-4-5-11(16-8-10)17-12(18)13(9-15)6-2-1-3-7-13/h4-5,8H,1-3,6-7H2,(H,16,17,18). The molecule has 0 aliphatic heterocycles. The Kier molecular flexibility index (Phi) is 3.83. The van der Waals surface area contributed by atoms with Crippen LogP contribution in [0.15, 0.2) is 18.3 Å². The van der Waals surface area contributed by atoms with Gasteiger partial charge in [0.2, 0.25) is 5.91 Å². The molecule has 1 N–H and O–H groups in total. The lowest BCUT2D eigenvalue weighted by Crippen LogP contribution is -2.37. The van der Waals surface area contributed by atoms with E-state index in [4.69, 9.17) is 11.6 Å². The maximum atomic E-state index is 12.2. The molecule has 0 unspecified atom stereocenters. The van der Waals surface area contributed by atoms with Gasteiger partial charge in [0.25, 0.3) is 0 Å². The quantitative estimate of drug-likeness (QED) is 0.891. The van der Waals surface area contributed by atoms with Crippen LogP contribution in [0.1, 0.15) is 32.1 Å². The van der Waals surface area contributed by atoms with E-state index in [1.165, 1.54) is 6.20 Å². The van der Waals surface area contributed by atoms with Gasteiger partial charge in [-0.3, -0.25) is 4.79 Å². The predicted octanol–water partition coefficient (Wildman–Crippen LogP) is 3.15. The van der Waals surface area contributed by atoms with Gasteiger partial charge in [0, 0.05) is 6.20 Å². The lowest BCUT2D eigenvalue weighted by atomic mass is 9.74. The third-order valence-electron chi connectivity index (χ3n) is 3.32. The van der Waals surface area contributed by atoms with Crippen molar-refractivity contribution in [2.45, 2.75) is 32.1 Å². The van der Waals surface area contributed by atoms with Crippen molar-refractivity contribution in [2.24, 2.45) is 5.41 Å². The first-order valence-corrected chi connectivity index (χ1v) is 6.38. The zero-order valence-electron chi connectivity index (χ0n) is 9.95. The molecule has 94 valence electrons. The minimum atomic E-state index is -0.889. The van der Waals surface area contributed by atoms with Gasteiger partial charge in [-0.05, 0) is 25.0 Å². The van der Waals surface area contributed by atoms with Crippen molar-refractivity contribution in [2.75, 3.05) is 5.32 Å². The summed E-state index contributed by atoms with van der Waals surface area (Å²) in [6.07, 6.45) is 5.67. The number of nitrogens with zero attached hydrogens (tertiary/aromatic N) is 2. The Morgan fingerprint density at radius 1 is 1.39 bits per heavy atom. The van der Waals surface area contributed by atoms with Crippen LogP contribution < -0.4 is 5.32 Å². The lowest BCUT2D eigenvalue weighted by molar-refractivity contribution is -0.124. The Labute approximate surface area is 111 Å². The average molecular weight is 264 g/mol. The molecule has 5 heteroatoms. The fourth-order valence-corrected chi connectivity index (χ4v) is 2.34. The fraction of sp³-hybridized carbons (Fsp3) is 0.462. The van der Waals surface area contributed by atoms with Crippen LogP contribution >= 0.6 is 11.6 Å². The largest absolute Gasteiger partial charge is 0.309 e. The molecule has 1 fully saturated rings. The Hall–Kier alpha value is -1.60. The molecule has 1 heterocycles. The number of anilines is 1. The predicted molar refractivity (Wildman–Crippen MR) is 69.0 cm³/mol. The summed E-state index contributed by atoms with van der Waals surface area (Å²) < 4.78 is 0. The van der Waals surface area contributed by atoms with Gasteiger partial charge in [0.1, 0.15) is 11.2 Å². The Morgan fingerprint density at radius 2 is 2.11 bits per heavy atom. The van der Waals surface area contributed by atoms with Gasteiger partial charge in [0.05, 0.1) is 11.1 Å². The van der Waals surface area contributed by atoms with Crippen molar-refractivity contribution < 1.29 is 4.79 Å². The maximum absolute atomic E-state index is 12.2. The molecule has 1 aromatic rings. The van der Waals surface area contributed by atoms with Crippen molar-refractivity contribution in [1.82, 2.24) is 4.98 Å². The van der Waals surface area contributed by atoms with Crippen molar-refractivity contribution >= 4 is 23.3 Å². The Morgan fingerprint density at radius 3 is 2.67 bits per heavy atom. The number of halogens is 1. The van der Waals surface area contributed by atoms with Crippen LogP contribution in [0.5, 0.6) is 0 Å². The molecule has 4 nitrogen and oxygen atoms in total. The number of hydrogen-bond acceptors (Lipinski definition) is 3. The molecule has 18 heavy (non-hydrogen) atoms. The highest BCUT2D eigenvalue weighted by atomic mass is 35.5. The van der Waals surface area contributed by atoms with Crippen LogP contribution in [0.3, 0.4) is 0 Å². The van der Waals surface area contributed by atoms with E-state index in [1.807, 2.05) is 0 Å². The normalized spacial score (nSPS) is 17.8. The van der Waals surface area contributed by atoms with Crippen molar-refractivity contribution in [3.63, 3.8) is 0 Å². The summed E-state index contributed by atoms with van der Waals surface area (Å²) >= 11 is 5.72. The van der Waals surface area contributed by atoms with E-state index in [-0.39, 0.29) is 5.91 Å². The Balaban J connectivity index is 2.11. The second-order valence-corrected chi connectivity index (χ2v) is 5.01. The first kappa shape index (κ1) is 12.8. The van der Waals surface area contributed by atoms with E-state index in [9.17, 15) is 10.1 Å². The average Bonchev–Trinajstić information content (AvgIpc) is 2.42. The van der Waals surface area contributed by atoms with Crippen LogP contribution in [-0.4, -0.2) is 10.9 Å². The molecule has 1 aromatic heterocycles. The molecule has 0 spiro atoms. The monoisotopic (exact) mass is 263 g/mol. The van der Waals surface area contributed by atoms with Gasteiger partial charge in [-0.25, -0.2) is 4.98 Å². The zero-order chi connectivity index (χ0) is 13.0. The van der Waals surface area contributed by atoms with Gasteiger partial charge < -0.3 is 5.32 Å². The van der Waals surface area contributed by atoms with Gasteiger partial charge in [-0.15, -0.1) is 0 Å². The summed E-state index contributed by atoms with van der Waals surface area (Å²) in [7, 11) is 0. The van der Waals surface area contributed by atoms with Crippen LogP contribution in [0.4, 0.5) is 5.82 Å². The first-order valence-electron chi connectivity index (χ1n) is 6.00. The lowest BCUT2D eigenvalue weighted by Gasteiger charge is -2.28. The van der Waals surface area contributed by atoms with Crippen molar-refractivity contribution in [3.05, 3.63) is 23.4 Å². The fourth-order valence-electron chi connectivity index (χ4n) is 2.23. The van der Waals surface area contributed by atoms with Gasteiger partial charge in [-0.2, -0.15) is 5.26 Å². The van der Waals surface area contributed by atoms with E-state index in [1.54, 1.807) is 12.1 Å². The highest BCUT2D eigenvalue weighted by Crippen LogP contribution is 2.36. The van der Waals surface area contributed by atoms with Crippen LogP contribution in [0.2, 0.25) is 5.02 Å². The molecule has 1 amide bonds. The van der Waals surface area contributed by atoms with Gasteiger partial charge in [-0.1, -0.05) is 30.9 Å². The van der Waals surface area contributed by atoms with E-state index in [0.29, 0.717) is 23.7 Å². The number of nitriles is 1. The molecule has 0 bridgehead atoms. The molecule has 1 saturated carbocycles. The summed E-state index contributed by atoms with van der Waals surface area (Å²) in [5.74, 6) is 0.184. The second kappa shape index (κ2) is 5.36. The number of carbonyl (C=O) groups excluding carboxylic acids is 1. The van der Waals surface area contributed by atoms with E-state index < -0.39 is 5.41 Å². The smallest absolute Gasteiger partial charge is 0.246 e. The zero-order valence-corrected chi connectivity index (χ0v) is 10.7. The summed E-state index contributed by atoms with van der Waals surface area (Å²) in [6, 6.07) is 5.47. The van der Waals surface area contributed by atoms with Crippen LogP contribution in [0, 0.1) is 16.7 Å². The summed E-state index contributed by atoms with van der Waals surface area (Å²) in [4.78, 5) is 16.2. The van der Waals surface area contributed by atoms with E-state index >= 15 is 0 Å². The van der Waals surface area contributed by atoms with Crippen LogP contribution in [0.25, 0.3) is 0 Å². The van der Waals surface area contributed by atoms with Crippen molar-refractivity contribution in [3.8, 4) is 6.07 Å². The summed E-state index contributed by atoms with van der Waals surface area (Å²) in [5, 5.41) is 12.5. The Bertz CT molecular complexity index is 472. The third kappa shape index (κ3) is 2.62. The highest BCUT2D eigenvalue weighted by Gasteiger charge is 2.39. The number of carbonyl (C=O) groups is 1. The SMILES string of the molecule is N#CC1(C(=O)Nc2ccc(Cl)cn2)CCCCC1. The summed E-state index contributed by atoms with van der Waals surface area (Å²) in [6.45, 7) is 0. The molecule has 2 rings (SSSR count). The number of amides is 1. The van der Waals surface area contributed by atoms with E-state index in [0.717, 1.165) is 19.3 Å². The number of rotatable bonds is 2. The number of nitrogens with one attached hydrogen (secondary N) is 1. The number of hydrogen-bond donors (Lipinski definition) is 1. The minimum Gasteiger partial charge on any atom is -0.309 e. The van der Waals surface area contributed by atoms with Crippen molar-refractivity contribution in [1.29, 1.82) is 5.26 Å². The van der Waals surface area contributed by atoms with Gasteiger partial charge >= 0.3 is 0 Å². The maximum Gasteiger partial charge on any atom is 0.246 e. The molecule has 0 aromatic carbocycles.